The smallest absolute Gasteiger partial charge is 0.156 e. The zero-order chi connectivity index (χ0) is 14.8. The summed E-state index contributed by atoms with van der Waals surface area (Å²) < 4.78 is 6.87. The summed E-state index contributed by atoms with van der Waals surface area (Å²) in [7, 11) is 0. The van der Waals surface area contributed by atoms with Gasteiger partial charge in [-0.15, -0.1) is 11.3 Å². The largest absolute Gasteiger partial charge is 0.486 e. The Bertz CT molecular complexity index is 831. The first kappa shape index (κ1) is 14.2. The Morgan fingerprint density at radius 2 is 1.76 bits per heavy atom. The van der Waals surface area contributed by atoms with Gasteiger partial charge in [-0.3, -0.25) is 0 Å². The standard InChI is InChI=1S/C16H9Cl2NOS/c17-12-5-3-6-13(18)11(12)9-20-16-10-4-1-2-7-14(10)21-15(16)8-19/h1-7H,9H2. The van der Waals surface area contributed by atoms with Gasteiger partial charge >= 0.3 is 0 Å². The molecular formula is C16H9Cl2NOS. The maximum absolute atomic E-state index is 9.25. The Hall–Kier alpha value is -1.73. The molecule has 0 N–H and O–H groups in total. The van der Waals surface area contributed by atoms with E-state index in [0.717, 1.165) is 15.6 Å². The summed E-state index contributed by atoms with van der Waals surface area (Å²) in [5.74, 6) is 0.592. The first-order valence-corrected chi connectivity index (χ1v) is 7.75. The van der Waals surface area contributed by atoms with Crippen molar-refractivity contribution in [2.45, 2.75) is 6.61 Å². The molecule has 2 aromatic carbocycles. The highest BCUT2D eigenvalue weighted by Crippen LogP contribution is 2.38. The minimum Gasteiger partial charge on any atom is -0.486 e. The molecule has 104 valence electrons. The third kappa shape index (κ3) is 2.71. The summed E-state index contributed by atoms with van der Waals surface area (Å²) in [5, 5.41) is 11.3. The lowest BCUT2D eigenvalue weighted by atomic mass is 10.2. The third-order valence-corrected chi connectivity index (χ3v) is 4.84. The second kappa shape index (κ2) is 5.95. The summed E-state index contributed by atoms with van der Waals surface area (Å²) in [5.41, 5.74) is 0.722. The van der Waals surface area contributed by atoms with Crippen molar-refractivity contribution >= 4 is 44.6 Å². The molecule has 2 nitrogen and oxygen atoms in total. The van der Waals surface area contributed by atoms with Gasteiger partial charge in [-0.1, -0.05) is 41.4 Å². The normalized spacial score (nSPS) is 10.5. The number of ether oxygens (including phenoxy) is 1. The van der Waals surface area contributed by atoms with Crippen LogP contribution in [-0.4, -0.2) is 0 Å². The summed E-state index contributed by atoms with van der Waals surface area (Å²) in [6.45, 7) is 0.230. The topological polar surface area (TPSA) is 33.0 Å². The summed E-state index contributed by atoms with van der Waals surface area (Å²) in [6.07, 6.45) is 0. The molecule has 5 heteroatoms. The lowest BCUT2D eigenvalue weighted by Crippen LogP contribution is -1.97. The van der Waals surface area contributed by atoms with E-state index in [2.05, 4.69) is 6.07 Å². The molecule has 21 heavy (non-hydrogen) atoms. The van der Waals surface area contributed by atoms with Crippen LogP contribution in [0.5, 0.6) is 5.75 Å². The van der Waals surface area contributed by atoms with E-state index in [0.29, 0.717) is 20.7 Å². The Morgan fingerprint density at radius 1 is 1.05 bits per heavy atom. The second-order valence-electron chi connectivity index (χ2n) is 4.36. The second-order valence-corrected chi connectivity index (χ2v) is 6.22. The van der Waals surface area contributed by atoms with Crippen molar-refractivity contribution < 1.29 is 4.74 Å². The first-order valence-electron chi connectivity index (χ1n) is 6.18. The number of nitriles is 1. The molecule has 0 amide bonds. The minimum atomic E-state index is 0.230. The predicted octanol–water partition coefficient (Wildman–Crippen LogP) is 5.66. The van der Waals surface area contributed by atoms with Crippen molar-refractivity contribution in [2.75, 3.05) is 0 Å². The molecule has 0 bridgehead atoms. The zero-order valence-corrected chi connectivity index (χ0v) is 13.1. The maximum atomic E-state index is 9.25. The molecule has 0 atom stereocenters. The van der Waals surface area contributed by atoms with Crippen molar-refractivity contribution in [1.29, 1.82) is 5.26 Å². The maximum Gasteiger partial charge on any atom is 0.156 e. The Morgan fingerprint density at radius 3 is 2.48 bits per heavy atom. The van der Waals surface area contributed by atoms with Crippen molar-refractivity contribution in [3.8, 4) is 11.8 Å². The van der Waals surface area contributed by atoms with Gasteiger partial charge in [-0.05, 0) is 24.3 Å². The molecular weight excluding hydrogens is 325 g/mol. The van der Waals surface area contributed by atoms with Crippen LogP contribution in [0.2, 0.25) is 10.0 Å². The lowest BCUT2D eigenvalue weighted by Gasteiger charge is -2.09. The van der Waals surface area contributed by atoms with Crippen LogP contribution in [0.4, 0.5) is 0 Å². The summed E-state index contributed by atoms with van der Waals surface area (Å²) in [4.78, 5) is 0.555. The van der Waals surface area contributed by atoms with Crippen LogP contribution in [-0.2, 0) is 6.61 Å². The number of rotatable bonds is 3. The summed E-state index contributed by atoms with van der Waals surface area (Å²) in [6, 6.07) is 15.3. The quantitative estimate of drug-likeness (QED) is 0.619. The van der Waals surface area contributed by atoms with Crippen molar-refractivity contribution in [2.24, 2.45) is 0 Å². The number of fused-ring (bicyclic) bond motifs is 1. The van der Waals surface area contributed by atoms with Crippen molar-refractivity contribution in [3.05, 3.63) is 63.0 Å². The fraction of sp³-hybridized carbons (Fsp3) is 0.0625. The van der Waals surface area contributed by atoms with Gasteiger partial charge in [0.15, 0.2) is 5.75 Å². The molecule has 0 unspecified atom stereocenters. The fourth-order valence-corrected chi connectivity index (χ4v) is 3.50. The molecule has 0 saturated heterocycles. The fourth-order valence-electron chi connectivity index (χ4n) is 2.05. The van der Waals surface area contributed by atoms with Crippen LogP contribution in [0.3, 0.4) is 0 Å². The van der Waals surface area contributed by atoms with E-state index in [9.17, 15) is 5.26 Å². The molecule has 0 spiro atoms. The summed E-state index contributed by atoms with van der Waals surface area (Å²) >= 11 is 13.7. The molecule has 0 radical (unpaired) electrons. The number of halogens is 2. The zero-order valence-electron chi connectivity index (χ0n) is 10.8. The average molecular weight is 334 g/mol. The Balaban J connectivity index is 1.97. The number of nitrogens with zero attached hydrogens (tertiary/aromatic N) is 1. The molecule has 0 aliphatic heterocycles. The SMILES string of the molecule is N#Cc1sc2ccccc2c1OCc1c(Cl)cccc1Cl. The molecule has 1 heterocycles. The van der Waals surface area contributed by atoms with Gasteiger partial charge < -0.3 is 4.74 Å². The Labute approximate surface area is 136 Å². The molecule has 3 rings (SSSR count). The highest BCUT2D eigenvalue weighted by molar-refractivity contribution is 7.20. The van der Waals surface area contributed by atoms with Gasteiger partial charge in [0.1, 0.15) is 17.6 Å². The van der Waals surface area contributed by atoms with Crippen LogP contribution in [0.15, 0.2) is 42.5 Å². The lowest BCUT2D eigenvalue weighted by molar-refractivity contribution is 0.310. The van der Waals surface area contributed by atoms with Gasteiger partial charge in [0.2, 0.25) is 0 Å². The predicted molar refractivity (Wildman–Crippen MR) is 87.3 cm³/mol. The molecule has 0 aliphatic carbocycles. The molecule has 0 fully saturated rings. The third-order valence-electron chi connectivity index (χ3n) is 3.07. The van der Waals surface area contributed by atoms with Gasteiger partial charge in [-0.2, -0.15) is 5.26 Å². The number of thiophene rings is 1. The van der Waals surface area contributed by atoms with E-state index in [1.165, 1.54) is 11.3 Å². The van der Waals surface area contributed by atoms with E-state index in [4.69, 9.17) is 27.9 Å². The number of benzene rings is 2. The molecule has 1 aromatic heterocycles. The van der Waals surface area contributed by atoms with Gasteiger partial charge in [0.05, 0.1) is 0 Å². The number of hydrogen-bond acceptors (Lipinski definition) is 3. The van der Waals surface area contributed by atoms with Crippen LogP contribution in [0.1, 0.15) is 10.4 Å². The van der Waals surface area contributed by atoms with E-state index < -0.39 is 0 Å². The van der Waals surface area contributed by atoms with Crippen LogP contribution < -0.4 is 4.74 Å². The minimum absolute atomic E-state index is 0.230. The highest BCUT2D eigenvalue weighted by Gasteiger charge is 2.14. The van der Waals surface area contributed by atoms with E-state index in [1.807, 2.05) is 24.3 Å². The average Bonchev–Trinajstić information content (AvgIpc) is 2.85. The molecule has 0 saturated carbocycles. The van der Waals surface area contributed by atoms with E-state index >= 15 is 0 Å². The van der Waals surface area contributed by atoms with Crippen LogP contribution in [0.25, 0.3) is 10.1 Å². The first-order chi connectivity index (χ1) is 10.2. The van der Waals surface area contributed by atoms with Gasteiger partial charge in [0, 0.05) is 25.7 Å². The van der Waals surface area contributed by atoms with E-state index in [-0.39, 0.29) is 6.61 Å². The van der Waals surface area contributed by atoms with Crippen LogP contribution >= 0.6 is 34.5 Å². The molecule has 3 aromatic rings. The molecule has 0 aliphatic rings. The monoisotopic (exact) mass is 333 g/mol. The Kier molecular flexibility index (Phi) is 4.03. The van der Waals surface area contributed by atoms with Gasteiger partial charge in [0.25, 0.3) is 0 Å². The van der Waals surface area contributed by atoms with Crippen LogP contribution in [0, 0.1) is 11.3 Å². The van der Waals surface area contributed by atoms with Gasteiger partial charge in [-0.25, -0.2) is 0 Å². The number of hydrogen-bond donors (Lipinski definition) is 0. The highest BCUT2D eigenvalue weighted by atomic mass is 35.5. The van der Waals surface area contributed by atoms with Crippen molar-refractivity contribution in [1.82, 2.24) is 0 Å². The van der Waals surface area contributed by atoms with E-state index in [1.54, 1.807) is 18.2 Å². The van der Waals surface area contributed by atoms with Crippen molar-refractivity contribution in [3.63, 3.8) is 0 Å².